The van der Waals surface area contributed by atoms with Gasteiger partial charge in [-0.1, -0.05) is 23.3 Å². The summed E-state index contributed by atoms with van der Waals surface area (Å²) >= 11 is 0. The fraction of sp³-hybridized carbons (Fsp3) is 0.429. The lowest BCUT2D eigenvalue weighted by molar-refractivity contribution is 0.356. The number of rotatable bonds is 4. The van der Waals surface area contributed by atoms with Crippen molar-refractivity contribution in [1.82, 2.24) is 0 Å². The molecule has 1 rings (SSSR count). The Kier molecular flexibility index (Phi) is 4.56. The summed E-state index contributed by atoms with van der Waals surface area (Å²) in [5.41, 5.74) is 9.46. The molecule has 2 N–H and O–H groups in total. The number of aryl methyl sites for hydroxylation is 1. The van der Waals surface area contributed by atoms with E-state index in [1.807, 2.05) is 19.1 Å². The molecule has 0 aromatic heterocycles. The Bertz CT molecular complexity index is 376. The van der Waals surface area contributed by atoms with Gasteiger partial charge in [-0.25, -0.2) is 0 Å². The molecule has 0 saturated heterocycles. The van der Waals surface area contributed by atoms with Crippen molar-refractivity contribution in [2.24, 2.45) is 5.73 Å². The quantitative estimate of drug-likeness (QED) is 0.788. The average molecular weight is 219 g/mol. The van der Waals surface area contributed by atoms with Gasteiger partial charge < -0.3 is 10.5 Å². The van der Waals surface area contributed by atoms with Gasteiger partial charge in [-0.15, -0.1) is 0 Å². The Morgan fingerprint density at radius 2 is 2.12 bits per heavy atom. The summed E-state index contributed by atoms with van der Waals surface area (Å²) in [5.74, 6) is 0.887. The molecule has 2 heteroatoms. The first-order chi connectivity index (χ1) is 7.50. The van der Waals surface area contributed by atoms with Crippen molar-refractivity contribution in [3.8, 4) is 5.75 Å². The van der Waals surface area contributed by atoms with E-state index in [2.05, 4.69) is 32.9 Å². The molecule has 0 fully saturated rings. The molecule has 0 unspecified atom stereocenters. The Hall–Kier alpha value is -1.28. The molecule has 1 aromatic rings. The van der Waals surface area contributed by atoms with E-state index in [4.69, 9.17) is 10.5 Å². The summed E-state index contributed by atoms with van der Waals surface area (Å²) in [5, 5.41) is 0. The van der Waals surface area contributed by atoms with Crippen LogP contribution in [-0.2, 0) is 0 Å². The zero-order valence-corrected chi connectivity index (χ0v) is 10.6. The molecular weight excluding hydrogens is 198 g/mol. The van der Waals surface area contributed by atoms with Gasteiger partial charge in [-0.05, 0) is 39.8 Å². The molecule has 0 radical (unpaired) electrons. The van der Waals surface area contributed by atoms with Gasteiger partial charge in [0.15, 0.2) is 0 Å². The molecule has 0 spiro atoms. The van der Waals surface area contributed by atoms with Crippen LogP contribution < -0.4 is 10.5 Å². The van der Waals surface area contributed by atoms with Gasteiger partial charge >= 0.3 is 0 Å². The molecule has 0 saturated carbocycles. The number of benzene rings is 1. The zero-order chi connectivity index (χ0) is 12.1. The molecule has 0 heterocycles. The molecule has 0 aliphatic rings. The highest BCUT2D eigenvalue weighted by molar-refractivity contribution is 5.38. The SMILES string of the molecule is CC(C)=CCOc1ccc(C)cc1[C@@H](C)N. The van der Waals surface area contributed by atoms with Crippen molar-refractivity contribution >= 4 is 0 Å². The maximum atomic E-state index is 5.92. The number of ether oxygens (including phenoxy) is 1. The molecule has 0 aliphatic carbocycles. The molecule has 1 atom stereocenters. The average Bonchev–Trinajstić information content (AvgIpc) is 2.19. The maximum Gasteiger partial charge on any atom is 0.124 e. The fourth-order valence-electron chi connectivity index (χ4n) is 1.45. The van der Waals surface area contributed by atoms with E-state index in [-0.39, 0.29) is 6.04 Å². The third-order valence-electron chi connectivity index (χ3n) is 2.39. The van der Waals surface area contributed by atoms with Gasteiger partial charge in [-0.2, -0.15) is 0 Å². The van der Waals surface area contributed by atoms with E-state index in [1.54, 1.807) is 0 Å². The lowest BCUT2D eigenvalue weighted by Gasteiger charge is -2.14. The minimum Gasteiger partial charge on any atom is -0.489 e. The second-order valence-electron chi connectivity index (χ2n) is 4.42. The zero-order valence-electron chi connectivity index (χ0n) is 10.6. The number of hydrogen-bond acceptors (Lipinski definition) is 2. The highest BCUT2D eigenvalue weighted by Gasteiger charge is 2.07. The van der Waals surface area contributed by atoms with Crippen molar-refractivity contribution in [3.63, 3.8) is 0 Å². The van der Waals surface area contributed by atoms with Crippen molar-refractivity contribution in [1.29, 1.82) is 0 Å². The Balaban J connectivity index is 2.82. The molecular formula is C14H21NO. The van der Waals surface area contributed by atoms with Crippen molar-refractivity contribution in [3.05, 3.63) is 41.0 Å². The summed E-state index contributed by atoms with van der Waals surface area (Å²) in [7, 11) is 0. The van der Waals surface area contributed by atoms with E-state index >= 15 is 0 Å². The normalized spacial score (nSPS) is 12.1. The minimum atomic E-state index is 0.00148. The van der Waals surface area contributed by atoms with Crippen molar-refractivity contribution in [2.75, 3.05) is 6.61 Å². The highest BCUT2D eigenvalue weighted by atomic mass is 16.5. The highest BCUT2D eigenvalue weighted by Crippen LogP contribution is 2.24. The lowest BCUT2D eigenvalue weighted by atomic mass is 10.1. The minimum absolute atomic E-state index is 0.00148. The van der Waals surface area contributed by atoms with Crippen LogP contribution >= 0.6 is 0 Å². The van der Waals surface area contributed by atoms with Crippen molar-refractivity contribution in [2.45, 2.75) is 33.7 Å². The van der Waals surface area contributed by atoms with E-state index in [0.29, 0.717) is 6.61 Å². The fourth-order valence-corrected chi connectivity index (χ4v) is 1.45. The third-order valence-corrected chi connectivity index (χ3v) is 2.39. The molecule has 0 bridgehead atoms. The first-order valence-electron chi connectivity index (χ1n) is 5.63. The largest absolute Gasteiger partial charge is 0.489 e. The Morgan fingerprint density at radius 3 is 2.69 bits per heavy atom. The van der Waals surface area contributed by atoms with Gasteiger partial charge in [0.2, 0.25) is 0 Å². The topological polar surface area (TPSA) is 35.2 Å². The number of nitrogens with two attached hydrogens (primary N) is 1. The van der Waals surface area contributed by atoms with E-state index in [9.17, 15) is 0 Å². The van der Waals surface area contributed by atoms with E-state index in [0.717, 1.165) is 11.3 Å². The first kappa shape index (κ1) is 12.8. The van der Waals surface area contributed by atoms with Crippen molar-refractivity contribution < 1.29 is 4.74 Å². The smallest absolute Gasteiger partial charge is 0.124 e. The second kappa shape index (κ2) is 5.71. The van der Waals surface area contributed by atoms with Crippen LogP contribution in [0.15, 0.2) is 29.8 Å². The predicted octanol–water partition coefficient (Wildman–Crippen LogP) is 3.36. The third kappa shape index (κ3) is 3.70. The van der Waals surface area contributed by atoms with Crippen LogP contribution in [-0.4, -0.2) is 6.61 Å². The Labute approximate surface area is 98.1 Å². The van der Waals surface area contributed by atoms with Crippen LogP contribution in [0.2, 0.25) is 0 Å². The molecule has 0 aliphatic heterocycles. The first-order valence-corrected chi connectivity index (χ1v) is 5.63. The van der Waals surface area contributed by atoms with Crippen LogP contribution in [0.25, 0.3) is 0 Å². The van der Waals surface area contributed by atoms with Gasteiger partial charge in [0.1, 0.15) is 12.4 Å². The van der Waals surface area contributed by atoms with Gasteiger partial charge in [-0.3, -0.25) is 0 Å². The van der Waals surface area contributed by atoms with Crippen LogP contribution in [0.3, 0.4) is 0 Å². The van der Waals surface area contributed by atoms with Crippen LogP contribution in [0, 0.1) is 6.92 Å². The molecule has 16 heavy (non-hydrogen) atoms. The molecule has 1 aromatic carbocycles. The second-order valence-corrected chi connectivity index (χ2v) is 4.42. The maximum absolute atomic E-state index is 5.92. The van der Waals surface area contributed by atoms with Gasteiger partial charge in [0, 0.05) is 11.6 Å². The lowest BCUT2D eigenvalue weighted by Crippen LogP contribution is -2.08. The summed E-state index contributed by atoms with van der Waals surface area (Å²) in [4.78, 5) is 0. The summed E-state index contributed by atoms with van der Waals surface area (Å²) in [6, 6.07) is 6.13. The van der Waals surface area contributed by atoms with Crippen LogP contribution in [0.4, 0.5) is 0 Å². The molecule has 88 valence electrons. The van der Waals surface area contributed by atoms with E-state index in [1.165, 1.54) is 11.1 Å². The standard InChI is InChI=1S/C14H21NO/c1-10(2)7-8-16-14-6-5-11(3)9-13(14)12(4)15/h5-7,9,12H,8,15H2,1-4H3/t12-/m1/s1. The van der Waals surface area contributed by atoms with E-state index < -0.39 is 0 Å². The summed E-state index contributed by atoms with van der Waals surface area (Å²) in [6.07, 6.45) is 2.06. The van der Waals surface area contributed by atoms with Crippen LogP contribution in [0.1, 0.15) is 37.9 Å². The molecule has 2 nitrogen and oxygen atoms in total. The summed E-state index contributed by atoms with van der Waals surface area (Å²) in [6.45, 7) is 8.76. The predicted molar refractivity (Wildman–Crippen MR) is 68.7 cm³/mol. The number of hydrogen-bond donors (Lipinski definition) is 1. The number of allylic oxidation sites excluding steroid dienone is 1. The Morgan fingerprint density at radius 1 is 1.44 bits per heavy atom. The molecule has 0 amide bonds. The van der Waals surface area contributed by atoms with Gasteiger partial charge in [0.25, 0.3) is 0 Å². The monoisotopic (exact) mass is 219 g/mol. The summed E-state index contributed by atoms with van der Waals surface area (Å²) < 4.78 is 5.71. The van der Waals surface area contributed by atoms with Gasteiger partial charge in [0.05, 0.1) is 0 Å². The van der Waals surface area contributed by atoms with Crippen LogP contribution in [0.5, 0.6) is 5.75 Å².